The van der Waals surface area contributed by atoms with Crippen LogP contribution in [0.15, 0.2) is 40.2 Å². The Morgan fingerprint density at radius 3 is 2.78 bits per heavy atom. The summed E-state index contributed by atoms with van der Waals surface area (Å²) in [4.78, 5) is 12.9. The average molecular weight is 325 g/mol. The molecular weight excluding hydrogens is 312 g/mol. The third kappa shape index (κ3) is 3.00. The minimum Gasteiger partial charge on any atom is -0.487 e. The standard InChI is InChI=1S/C14H13BrO2S/c1-2-12(16)10-5-3-4-6-13(10)17-9-14-11(15)7-8-18-14/h3-8H,2,9H2,1H3. The van der Waals surface area contributed by atoms with Gasteiger partial charge in [-0.2, -0.15) is 0 Å². The van der Waals surface area contributed by atoms with Crippen molar-refractivity contribution >= 4 is 33.0 Å². The largest absolute Gasteiger partial charge is 0.487 e. The average Bonchev–Trinajstić information content (AvgIpc) is 2.81. The Morgan fingerprint density at radius 1 is 1.33 bits per heavy atom. The molecule has 1 aromatic carbocycles. The SMILES string of the molecule is CCC(=O)c1ccccc1OCc1sccc1Br. The maximum atomic E-state index is 11.8. The van der Waals surface area contributed by atoms with Crippen LogP contribution >= 0.6 is 27.3 Å². The van der Waals surface area contributed by atoms with Gasteiger partial charge in [0.15, 0.2) is 5.78 Å². The molecular formula is C14H13BrO2S. The summed E-state index contributed by atoms with van der Waals surface area (Å²) in [6, 6.07) is 9.38. The van der Waals surface area contributed by atoms with E-state index in [1.165, 1.54) is 0 Å². The highest BCUT2D eigenvalue weighted by molar-refractivity contribution is 9.10. The third-order valence-corrected chi connectivity index (χ3v) is 4.46. The summed E-state index contributed by atoms with van der Waals surface area (Å²) in [7, 11) is 0. The molecule has 1 aromatic heterocycles. The first-order valence-corrected chi connectivity index (χ1v) is 7.36. The summed E-state index contributed by atoms with van der Waals surface area (Å²) in [6.07, 6.45) is 0.489. The van der Waals surface area contributed by atoms with Gasteiger partial charge >= 0.3 is 0 Å². The molecule has 0 bridgehead atoms. The van der Waals surface area contributed by atoms with Crippen LogP contribution in [0.25, 0.3) is 0 Å². The molecule has 0 radical (unpaired) electrons. The summed E-state index contributed by atoms with van der Waals surface area (Å²) >= 11 is 5.10. The smallest absolute Gasteiger partial charge is 0.166 e. The van der Waals surface area contributed by atoms with Crippen molar-refractivity contribution in [3.8, 4) is 5.75 Å². The van der Waals surface area contributed by atoms with Crippen molar-refractivity contribution < 1.29 is 9.53 Å². The summed E-state index contributed by atoms with van der Waals surface area (Å²) in [5.74, 6) is 0.764. The van der Waals surface area contributed by atoms with E-state index in [-0.39, 0.29) is 5.78 Å². The molecule has 2 nitrogen and oxygen atoms in total. The van der Waals surface area contributed by atoms with Gasteiger partial charge in [0.05, 0.1) is 10.4 Å². The molecule has 0 aliphatic carbocycles. The summed E-state index contributed by atoms with van der Waals surface area (Å²) in [5.41, 5.74) is 0.660. The van der Waals surface area contributed by atoms with E-state index in [1.807, 2.05) is 42.6 Å². The van der Waals surface area contributed by atoms with Gasteiger partial charge in [-0.05, 0) is 39.5 Å². The van der Waals surface area contributed by atoms with Crippen molar-refractivity contribution in [1.29, 1.82) is 0 Å². The van der Waals surface area contributed by atoms with Crippen LogP contribution in [0, 0.1) is 0 Å². The Kier molecular flexibility index (Phi) is 4.55. The van der Waals surface area contributed by atoms with E-state index in [0.717, 1.165) is 9.35 Å². The zero-order valence-electron chi connectivity index (χ0n) is 9.98. The second kappa shape index (κ2) is 6.16. The lowest BCUT2D eigenvalue weighted by Crippen LogP contribution is -2.02. The molecule has 94 valence electrons. The number of carbonyl (C=O) groups excluding carboxylic acids is 1. The van der Waals surface area contributed by atoms with Crippen LogP contribution < -0.4 is 4.74 Å². The molecule has 2 aromatic rings. The second-order valence-corrected chi connectivity index (χ2v) is 5.61. The van der Waals surface area contributed by atoms with Crippen LogP contribution in [0.5, 0.6) is 5.75 Å². The third-order valence-electron chi connectivity index (χ3n) is 2.56. The van der Waals surface area contributed by atoms with Gasteiger partial charge in [0.2, 0.25) is 0 Å². The van der Waals surface area contributed by atoms with E-state index in [2.05, 4.69) is 15.9 Å². The molecule has 0 N–H and O–H groups in total. The lowest BCUT2D eigenvalue weighted by molar-refractivity contribution is 0.0984. The van der Waals surface area contributed by atoms with E-state index in [0.29, 0.717) is 24.3 Å². The van der Waals surface area contributed by atoms with E-state index in [1.54, 1.807) is 11.3 Å². The number of hydrogen-bond donors (Lipinski definition) is 0. The molecule has 0 fully saturated rings. The van der Waals surface area contributed by atoms with Gasteiger partial charge in [0.25, 0.3) is 0 Å². The normalized spacial score (nSPS) is 10.3. The number of ketones is 1. The number of Topliss-reactive ketones (excluding diaryl/α,β-unsaturated/α-hetero) is 1. The first-order valence-electron chi connectivity index (χ1n) is 5.69. The van der Waals surface area contributed by atoms with E-state index >= 15 is 0 Å². The number of hydrogen-bond acceptors (Lipinski definition) is 3. The van der Waals surface area contributed by atoms with Crippen molar-refractivity contribution in [2.24, 2.45) is 0 Å². The quantitative estimate of drug-likeness (QED) is 0.746. The molecule has 0 saturated heterocycles. The minimum absolute atomic E-state index is 0.107. The molecule has 18 heavy (non-hydrogen) atoms. The van der Waals surface area contributed by atoms with Gasteiger partial charge in [-0.1, -0.05) is 19.1 Å². The molecule has 0 atom stereocenters. The van der Waals surface area contributed by atoms with E-state index < -0.39 is 0 Å². The van der Waals surface area contributed by atoms with Crippen LogP contribution in [0.3, 0.4) is 0 Å². The molecule has 2 rings (SSSR count). The summed E-state index contributed by atoms with van der Waals surface area (Å²) in [5, 5.41) is 2.01. The Balaban J connectivity index is 2.14. The molecule has 0 amide bonds. The number of halogens is 1. The predicted octanol–water partition coefficient (Wildman–Crippen LogP) is 4.68. The van der Waals surface area contributed by atoms with Crippen LogP contribution in [0.1, 0.15) is 28.6 Å². The number of rotatable bonds is 5. The van der Waals surface area contributed by atoms with Gasteiger partial charge in [-0.25, -0.2) is 0 Å². The van der Waals surface area contributed by atoms with Crippen molar-refractivity contribution in [1.82, 2.24) is 0 Å². The molecule has 0 unspecified atom stereocenters. The van der Waals surface area contributed by atoms with Crippen LogP contribution in [0.2, 0.25) is 0 Å². The molecule has 0 spiro atoms. The Labute approximate surface area is 119 Å². The Bertz CT molecular complexity index is 548. The van der Waals surface area contributed by atoms with E-state index in [9.17, 15) is 4.79 Å². The number of thiophene rings is 1. The van der Waals surface area contributed by atoms with Gasteiger partial charge in [-0.15, -0.1) is 11.3 Å². The summed E-state index contributed by atoms with van der Waals surface area (Å²) in [6.45, 7) is 2.33. The molecule has 0 saturated carbocycles. The molecule has 1 heterocycles. The fourth-order valence-corrected chi connectivity index (χ4v) is 2.96. The fourth-order valence-electron chi connectivity index (χ4n) is 1.58. The van der Waals surface area contributed by atoms with E-state index in [4.69, 9.17) is 4.74 Å². The zero-order valence-corrected chi connectivity index (χ0v) is 12.4. The first kappa shape index (κ1) is 13.3. The minimum atomic E-state index is 0.107. The lowest BCUT2D eigenvalue weighted by Gasteiger charge is -2.09. The maximum absolute atomic E-state index is 11.8. The van der Waals surface area contributed by atoms with Crippen molar-refractivity contribution in [2.45, 2.75) is 20.0 Å². The number of benzene rings is 1. The first-order chi connectivity index (χ1) is 8.72. The lowest BCUT2D eigenvalue weighted by atomic mass is 10.1. The van der Waals surface area contributed by atoms with Gasteiger partial charge in [0.1, 0.15) is 12.4 Å². The predicted molar refractivity (Wildman–Crippen MR) is 77.4 cm³/mol. The van der Waals surface area contributed by atoms with Gasteiger partial charge in [-0.3, -0.25) is 4.79 Å². The highest BCUT2D eigenvalue weighted by Gasteiger charge is 2.10. The number of para-hydroxylation sites is 1. The van der Waals surface area contributed by atoms with Crippen molar-refractivity contribution in [2.75, 3.05) is 0 Å². The Hall–Kier alpha value is -1.13. The second-order valence-electron chi connectivity index (χ2n) is 3.75. The fraction of sp³-hybridized carbons (Fsp3) is 0.214. The van der Waals surface area contributed by atoms with Gasteiger partial charge < -0.3 is 4.74 Å². The number of ether oxygens (including phenoxy) is 1. The zero-order chi connectivity index (χ0) is 13.0. The molecule has 0 aliphatic rings. The topological polar surface area (TPSA) is 26.3 Å². The van der Waals surface area contributed by atoms with Crippen LogP contribution in [-0.4, -0.2) is 5.78 Å². The van der Waals surface area contributed by atoms with Crippen molar-refractivity contribution in [3.63, 3.8) is 0 Å². The van der Waals surface area contributed by atoms with Crippen molar-refractivity contribution in [3.05, 3.63) is 50.6 Å². The molecule has 4 heteroatoms. The monoisotopic (exact) mass is 324 g/mol. The van der Waals surface area contributed by atoms with Crippen LogP contribution in [-0.2, 0) is 6.61 Å². The maximum Gasteiger partial charge on any atom is 0.166 e. The highest BCUT2D eigenvalue weighted by Crippen LogP contribution is 2.26. The van der Waals surface area contributed by atoms with Crippen LogP contribution in [0.4, 0.5) is 0 Å². The summed E-state index contributed by atoms with van der Waals surface area (Å²) < 4.78 is 6.79. The number of carbonyl (C=O) groups is 1. The van der Waals surface area contributed by atoms with Gasteiger partial charge in [0, 0.05) is 10.9 Å². The Morgan fingerprint density at radius 2 is 2.11 bits per heavy atom. The molecule has 0 aliphatic heterocycles. The highest BCUT2D eigenvalue weighted by atomic mass is 79.9.